The van der Waals surface area contributed by atoms with E-state index in [4.69, 9.17) is 4.74 Å². The molecule has 0 saturated heterocycles. The molecule has 0 atom stereocenters. The van der Waals surface area contributed by atoms with Crippen molar-refractivity contribution in [3.8, 4) is 5.75 Å². The molecule has 6 nitrogen and oxygen atoms in total. The molecule has 0 radical (unpaired) electrons. The number of carbonyl (C=O) groups is 1. The Kier molecular flexibility index (Phi) is 7.06. The highest BCUT2D eigenvalue weighted by atomic mass is 32.2. The lowest BCUT2D eigenvalue weighted by atomic mass is 10.1. The van der Waals surface area contributed by atoms with E-state index in [1.807, 2.05) is 42.5 Å². The molecule has 0 fully saturated rings. The SMILES string of the molecule is COc1ccccc1Nc1nnc(SCC(=O)NCCc2ccccc2)s1. The number of rotatable bonds is 9. The maximum atomic E-state index is 12.0. The quantitative estimate of drug-likeness (QED) is 0.533. The van der Waals surface area contributed by atoms with Crippen molar-refractivity contribution in [3.05, 3.63) is 60.2 Å². The van der Waals surface area contributed by atoms with Gasteiger partial charge in [-0.3, -0.25) is 4.79 Å². The van der Waals surface area contributed by atoms with Gasteiger partial charge < -0.3 is 15.4 Å². The molecule has 0 aliphatic carbocycles. The number of hydrogen-bond acceptors (Lipinski definition) is 7. The zero-order valence-corrected chi connectivity index (χ0v) is 16.5. The molecule has 0 spiro atoms. The summed E-state index contributed by atoms with van der Waals surface area (Å²) in [6.45, 7) is 0.625. The van der Waals surface area contributed by atoms with E-state index < -0.39 is 0 Å². The Morgan fingerprint density at radius 3 is 2.70 bits per heavy atom. The third-order valence-corrected chi connectivity index (χ3v) is 5.63. The Hall–Kier alpha value is -2.58. The van der Waals surface area contributed by atoms with E-state index in [1.54, 1.807) is 7.11 Å². The van der Waals surface area contributed by atoms with Crippen LogP contribution in [0, 0.1) is 0 Å². The van der Waals surface area contributed by atoms with E-state index in [2.05, 4.69) is 33.0 Å². The second-order valence-corrected chi connectivity index (χ2v) is 7.77. The van der Waals surface area contributed by atoms with Crippen molar-refractivity contribution in [1.82, 2.24) is 15.5 Å². The minimum atomic E-state index is -0.00892. The molecule has 2 aromatic carbocycles. The highest BCUT2D eigenvalue weighted by Crippen LogP contribution is 2.31. The first-order valence-corrected chi connectivity index (χ1v) is 10.2. The zero-order chi connectivity index (χ0) is 18.9. The molecule has 1 aromatic heterocycles. The molecule has 140 valence electrons. The van der Waals surface area contributed by atoms with E-state index in [-0.39, 0.29) is 5.91 Å². The molecular weight excluding hydrogens is 380 g/mol. The second-order valence-electron chi connectivity index (χ2n) is 5.57. The predicted octanol–water partition coefficient (Wildman–Crippen LogP) is 3.74. The van der Waals surface area contributed by atoms with Gasteiger partial charge in [0.25, 0.3) is 0 Å². The van der Waals surface area contributed by atoms with E-state index in [0.717, 1.165) is 22.2 Å². The molecule has 1 heterocycles. The Morgan fingerprint density at radius 2 is 1.89 bits per heavy atom. The summed E-state index contributed by atoms with van der Waals surface area (Å²) in [6.07, 6.45) is 0.822. The van der Waals surface area contributed by atoms with Gasteiger partial charge in [0.2, 0.25) is 11.0 Å². The number of methoxy groups -OCH3 is 1. The van der Waals surface area contributed by atoms with Crippen molar-refractivity contribution < 1.29 is 9.53 Å². The number of ether oxygens (including phenoxy) is 1. The predicted molar refractivity (Wildman–Crippen MR) is 110 cm³/mol. The molecule has 8 heteroatoms. The number of thioether (sulfide) groups is 1. The van der Waals surface area contributed by atoms with Crippen LogP contribution in [-0.2, 0) is 11.2 Å². The summed E-state index contributed by atoms with van der Waals surface area (Å²) >= 11 is 2.78. The van der Waals surface area contributed by atoms with Gasteiger partial charge in [-0.15, -0.1) is 10.2 Å². The highest BCUT2D eigenvalue weighted by molar-refractivity contribution is 8.01. The van der Waals surface area contributed by atoms with Crippen molar-refractivity contribution >= 4 is 39.8 Å². The number of aromatic nitrogens is 2. The number of para-hydroxylation sites is 2. The summed E-state index contributed by atoms with van der Waals surface area (Å²) < 4.78 is 6.05. The van der Waals surface area contributed by atoms with Crippen molar-refractivity contribution in [2.45, 2.75) is 10.8 Å². The van der Waals surface area contributed by atoms with Crippen LogP contribution in [0.25, 0.3) is 0 Å². The summed E-state index contributed by atoms with van der Waals surface area (Å²) in [7, 11) is 1.62. The van der Waals surface area contributed by atoms with E-state index in [1.165, 1.54) is 28.7 Å². The van der Waals surface area contributed by atoms with Gasteiger partial charge in [-0.1, -0.05) is 65.6 Å². The minimum Gasteiger partial charge on any atom is -0.495 e. The summed E-state index contributed by atoms with van der Waals surface area (Å²) in [5.41, 5.74) is 2.04. The first-order chi connectivity index (χ1) is 13.2. The molecule has 0 unspecified atom stereocenters. The average molecular weight is 401 g/mol. The number of benzene rings is 2. The smallest absolute Gasteiger partial charge is 0.230 e. The summed E-state index contributed by atoms with van der Waals surface area (Å²) in [5, 5.41) is 15.0. The Balaban J connectivity index is 1.43. The number of amides is 1. The van der Waals surface area contributed by atoms with Gasteiger partial charge in [-0.2, -0.15) is 0 Å². The molecule has 1 amide bonds. The lowest BCUT2D eigenvalue weighted by Crippen LogP contribution is -2.27. The van der Waals surface area contributed by atoms with E-state index in [0.29, 0.717) is 17.4 Å². The molecule has 0 saturated carbocycles. The fraction of sp³-hybridized carbons (Fsp3) is 0.211. The standard InChI is InChI=1S/C19H20N4O2S2/c1-25-16-10-6-5-9-15(16)21-18-22-23-19(27-18)26-13-17(24)20-12-11-14-7-3-2-4-8-14/h2-10H,11-13H2,1H3,(H,20,24)(H,21,22). The summed E-state index contributed by atoms with van der Waals surface area (Å²) in [5.74, 6) is 1.04. The van der Waals surface area contributed by atoms with Crippen LogP contribution in [0.4, 0.5) is 10.8 Å². The second kappa shape index (κ2) is 9.94. The Labute approximate surface area is 166 Å². The van der Waals surface area contributed by atoms with Gasteiger partial charge in [-0.25, -0.2) is 0 Å². The highest BCUT2D eigenvalue weighted by Gasteiger charge is 2.10. The summed E-state index contributed by atoms with van der Waals surface area (Å²) in [6, 6.07) is 17.7. The van der Waals surface area contributed by atoms with E-state index >= 15 is 0 Å². The lowest BCUT2D eigenvalue weighted by molar-refractivity contribution is -0.118. The third kappa shape index (κ3) is 5.97. The molecule has 3 rings (SSSR count). The van der Waals surface area contributed by atoms with Crippen molar-refractivity contribution in [2.75, 3.05) is 24.7 Å². The Bertz CT molecular complexity index is 871. The van der Waals surface area contributed by atoms with Gasteiger partial charge in [0.1, 0.15) is 5.75 Å². The average Bonchev–Trinajstić information content (AvgIpc) is 3.15. The number of nitrogens with zero attached hydrogens (tertiary/aromatic N) is 2. The van der Waals surface area contributed by atoms with Crippen LogP contribution >= 0.6 is 23.1 Å². The molecular formula is C19H20N4O2S2. The van der Waals surface area contributed by atoms with Gasteiger partial charge in [0.15, 0.2) is 4.34 Å². The molecule has 2 N–H and O–H groups in total. The monoisotopic (exact) mass is 400 g/mol. The van der Waals surface area contributed by atoms with Gasteiger partial charge in [0, 0.05) is 6.54 Å². The molecule has 3 aromatic rings. The van der Waals surface area contributed by atoms with Crippen molar-refractivity contribution in [3.63, 3.8) is 0 Å². The van der Waals surface area contributed by atoms with Gasteiger partial charge in [-0.05, 0) is 24.1 Å². The van der Waals surface area contributed by atoms with Crippen LogP contribution in [0.5, 0.6) is 5.75 Å². The number of carbonyl (C=O) groups excluding carboxylic acids is 1. The Morgan fingerprint density at radius 1 is 1.11 bits per heavy atom. The van der Waals surface area contributed by atoms with Gasteiger partial charge >= 0.3 is 0 Å². The normalized spacial score (nSPS) is 10.4. The van der Waals surface area contributed by atoms with Crippen LogP contribution in [0.1, 0.15) is 5.56 Å². The minimum absolute atomic E-state index is 0.00892. The summed E-state index contributed by atoms with van der Waals surface area (Å²) in [4.78, 5) is 12.0. The van der Waals surface area contributed by atoms with Crippen molar-refractivity contribution in [2.24, 2.45) is 0 Å². The van der Waals surface area contributed by atoms with Gasteiger partial charge in [0.05, 0.1) is 18.6 Å². The zero-order valence-electron chi connectivity index (χ0n) is 14.8. The lowest BCUT2D eigenvalue weighted by Gasteiger charge is -2.07. The van der Waals surface area contributed by atoms with Crippen molar-refractivity contribution in [1.29, 1.82) is 0 Å². The third-order valence-electron chi connectivity index (χ3n) is 3.66. The fourth-order valence-electron chi connectivity index (χ4n) is 2.35. The number of hydrogen-bond donors (Lipinski definition) is 2. The number of anilines is 2. The maximum absolute atomic E-state index is 12.0. The molecule has 0 bridgehead atoms. The van der Waals surface area contributed by atoms with E-state index in [9.17, 15) is 4.79 Å². The topological polar surface area (TPSA) is 76.1 Å². The largest absolute Gasteiger partial charge is 0.495 e. The first kappa shape index (κ1) is 19.2. The maximum Gasteiger partial charge on any atom is 0.230 e. The van der Waals surface area contributed by atoms with Crippen LogP contribution in [-0.4, -0.2) is 35.5 Å². The van der Waals surface area contributed by atoms with Crippen LogP contribution in [0.3, 0.4) is 0 Å². The molecule has 0 aliphatic rings. The fourth-order valence-corrected chi connectivity index (χ4v) is 3.95. The molecule has 27 heavy (non-hydrogen) atoms. The molecule has 0 aliphatic heterocycles. The number of nitrogens with one attached hydrogen (secondary N) is 2. The van der Waals surface area contributed by atoms with Crippen LogP contribution in [0.2, 0.25) is 0 Å². The van der Waals surface area contributed by atoms with Crippen LogP contribution < -0.4 is 15.4 Å². The first-order valence-electron chi connectivity index (χ1n) is 8.41. The van der Waals surface area contributed by atoms with Crippen LogP contribution in [0.15, 0.2) is 58.9 Å².